The minimum Gasteiger partial charge on any atom is -0.321 e. The number of nitrogens with two attached hydrogens (primary N) is 1. The van der Waals surface area contributed by atoms with Gasteiger partial charge in [0, 0.05) is 15.6 Å². The van der Waals surface area contributed by atoms with E-state index in [1.807, 2.05) is 0 Å². The summed E-state index contributed by atoms with van der Waals surface area (Å²) in [5.41, 5.74) is 6.53. The van der Waals surface area contributed by atoms with Crippen molar-refractivity contribution in [3.8, 4) is 0 Å². The molecule has 1 saturated carbocycles. The van der Waals surface area contributed by atoms with Gasteiger partial charge in [-0.3, -0.25) is 0 Å². The average Bonchev–Trinajstić information content (AvgIpc) is 2.59. The van der Waals surface area contributed by atoms with Crippen molar-refractivity contribution in [3.05, 3.63) is 33.0 Å². The highest BCUT2D eigenvalue weighted by atomic mass is 79.9. The molecule has 20 heavy (non-hydrogen) atoms. The van der Waals surface area contributed by atoms with Gasteiger partial charge in [-0.15, -0.1) is 0 Å². The molecule has 0 aromatic heterocycles. The minimum absolute atomic E-state index is 0.136. The topological polar surface area (TPSA) is 26.0 Å². The molecule has 0 radical (unpaired) electrons. The molecule has 0 bridgehead atoms. The van der Waals surface area contributed by atoms with Crippen LogP contribution in [-0.2, 0) is 5.54 Å². The predicted octanol–water partition coefficient (Wildman–Crippen LogP) is 5.63. The molecule has 1 aliphatic rings. The molecule has 2 rings (SSSR count). The molecule has 0 spiro atoms. The van der Waals surface area contributed by atoms with Crippen LogP contribution in [0.5, 0.6) is 0 Å². The zero-order chi connectivity index (χ0) is 14.9. The van der Waals surface area contributed by atoms with Crippen LogP contribution in [0.15, 0.2) is 16.6 Å². The third kappa shape index (κ3) is 3.20. The van der Waals surface area contributed by atoms with Crippen LogP contribution in [-0.4, -0.2) is 0 Å². The molecule has 0 amide bonds. The summed E-state index contributed by atoms with van der Waals surface area (Å²) < 4.78 is 15.0. The summed E-state index contributed by atoms with van der Waals surface area (Å²) in [6.07, 6.45) is 4.94. The van der Waals surface area contributed by atoms with E-state index >= 15 is 0 Å². The summed E-state index contributed by atoms with van der Waals surface area (Å²) in [7, 11) is 0. The predicted molar refractivity (Wildman–Crippen MR) is 86.4 cm³/mol. The molecule has 112 valence electrons. The van der Waals surface area contributed by atoms with Crippen molar-refractivity contribution in [1.82, 2.24) is 0 Å². The first kappa shape index (κ1) is 16.3. The monoisotopic (exact) mass is 361 g/mol. The van der Waals surface area contributed by atoms with E-state index in [1.165, 1.54) is 6.42 Å². The zero-order valence-electron chi connectivity index (χ0n) is 12.1. The molecule has 0 heterocycles. The molecular weight excluding hydrogens is 341 g/mol. The van der Waals surface area contributed by atoms with Crippen molar-refractivity contribution in [1.29, 1.82) is 0 Å². The number of hydrogen-bond donors (Lipinski definition) is 1. The van der Waals surface area contributed by atoms with Crippen LogP contribution in [0.4, 0.5) is 4.39 Å². The van der Waals surface area contributed by atoms with Gasteiger partial charge in [-0.25, -0.2) is 4.39 Å². The summed E-state index contributed by atoms with van der Waals surface area (Å²) in [4.78, 5) is 0. The van der Waals surface area contributed by atoms with E-state index < -0.39 is 5.54 Å². The number of hydrogen-bond acceptors (Lipinski definition) is 1. The average molecular weight is 363 g/mol. The van der Waals surface area contributed by atoms with E-state index in [-0.39, 0.29) is 10.8 Å². The normalized spacial score (nSPS) is 27.6. The Morgan fingerprint density at radius 2 is 2.05 bits per heavy atom. The molecule has 1 aliphatic carbocycles. The summed E-state index contributed by atoms with van der Waals surface area (Å²) in [6, 6.07) is 3.57. The lowest BCUT2D eigenvalue weighted by atomic mass is 9.82. The molecular formula is C16H22BrClFN. The van der Waals surface area contributed by atoms with Crippen LogP contribution in [0.3, 0.4) is 0 Å². The molecule has 2 N–H and O–H groups in total. The lowest BCUT2D eigenvalue weighted by molar-refractivity contribution is 0.321. The summed E-state index contributed by atoms with van der Waals surface area (Å²) in [5, 5.41) is 0.136. The van der Waals surface area contributed by atoms with Gasteiger partial charge >= 0.3 is 0 Å². The molecule has 4 heteroatoms. The number of halogens is 3. The summed E-state index contributed by atoms with van der Waals surface area (Å²) in [5.74, 6) is 0.983. The van der Waals surface area contributed by atoms with Crippen LogP contribution < -0.4 is 5.73 Å². The SMILES string of the molecule is CC(C)C1CCCC(N)(c2ccc(Br)c(Cl)c2F)CC1. The fourth-order valence-corrected chi connectivity index (χ4v) is 3.71. The van der Waals surface area contributed by atoms with Crippen LogP contribution in [0, 0.1) is 17.7 Å². The lowest BCUT2D eigenvalue weighted by Crippen LogP contribution is -2.37. The van der Waals surface area contributed by atoms with E-state index in [1.54, 1.807) is 12.1 Å². The number of rotatable bonds is 2. The molecule has 2 unspecified atom stereocenters. The Balaban J connectivity index is 2.29. The fraction of sp³-hybridized carbons (Fsp3) is 0.625. The third-order valence-corrected chi connectivity index (χ3v) is 5.93. The van der Waals surface area contributed by atoms with Crippen molar-refractivity contribution in [2.75, 3.05) is 0 Å². The van der Waals surface area contributed by atoms with E-state index in [4.69, 9.17) is 17.3 Å². The van der Waals surface area contributed by atoms with Crippen LogP contribution in [0.2, 0.25) is 5.02 Å². The maximum absolute atomic E-state index is 14.4. The van der Waals surface area contributed by atoms with Gasteiger partial charge in [0.25, 0.3) is 0 Å². The number of benzene rings is 1. The Bertz CT molecular complexity index is 492. The third-order valence-electron chi connectivity index (χ3n) is 4.67. The Morgan fingerprint density at radius 3 is 2.70 bits per heavy atom. The smallest absolute Gasteiger partial charge is 0.147 e. The molecule has 1 nitrogen and oxygen atoms in total. The van der Waals surface area contributed by atoms with E-state index in [2.05, 4.69) is 29.8 Å². The lowest BCUT2D eigenvalue weighted by Gasteiger charge is -2.30. The highest BCUT2D eigenvalue weighted by Crippen LogP contribution is 2.41. The first-order valence-corrected chi connectivity index (χ1v) is 8.45. The standard InChI is InChI=1S/C16H22BrClFN/c1-10(2)11-4-3-8-16(20,9-7-11)12-5-6-13(17)14(18)15(12)19/h5-6,10-11H,3-4,7-9,20H2,1-2H3. The first-order chi connectivity index (χ1) is 9.35. The van der Waals surface area contributed by atoms with Gasteiger partial charge < -0.3 is 5.73 Å². The minimum atomic E-state index is -0.585. The van der Waals surface area contributed by atoms with E-state index in [9.17, 15) is 4.39 Å². The highest BCUT2D eigenvalue weighted by Gasteiger charge is 2.34. The molecule has 1 aromatic carbocycles. The van der Waals surface area contributed by atoms with Crippen LogP contribution in [0.1, 0.15) is 51.5 Å². The van der Waals surface area contributed by atoms with Crippen molar-refractivity contribution >= 4 is 27.5 Å². The second-order valence-corrected chi connectivity index (χ2v) is 7.55. The second kappa shape index (κ2) is 6.33. The van der Waals surface area contributed by atoms with Crippen molar-refractivity contribution in [2.45, 2.75) is 51.5 Å². The van der Waals surface area contributed by atoms with Crippen LogP contribution >= 0.6 is 27.5 Å². The van der Waals surface area contributed by atoms with Gasteiger partial charge in [0.05, 0.1) is 5.02 Å². The van der Waals surface area contributed by atoms with Gasteiger partial charge in [0.2, 0.25) is 0 Å². The quantitative estimate of drug-likeness (QED) is 0.535. The Kier molecular flexibility index (Phi) is 5.14. The Morgan fingerprint density at radius 1 is 1.35 bits per heavy atom. The first-order valence-electron chi connectivity index (χ1n) is 7.28. The summed E-state index contributed by atoms with van der Waals surface area (Å²) >= 11 is 9.26. The van der Waals surface area contributed by atoms with Gasteiger partial charge in [-0.05, 0) is 53.1 Å². The van der Waals surface area contributed by atoms with Crippen LogP contribution in [0.25, 0.3) is 0 Å². The molecule has 0 saturated heterocycles. The molecule has 1 fully saturated rings. The van der Waals surface area contributed by atoms with Gasteiger partial charge in [0.1, 0.15) is 5.82 Å². The van der Waals surface area contributed by atoms with Gasteiger partial charge in [-0.2, -0.15) is 0 Å². The van der Waals surface area contributed by atoms with E-state index in [0.29, 0.717) is 21.9 Å². The highest BCUT2D eigenvalue weighted by molar-refractivity contribution is 9.10. The Hall–Kier alpha value is -0.120. The largest absolute Gasteiger partial charge is 0.321 e. The molecule has 0 aliphatic heterocycles. The zero-order valence-corrected chi connectivity index (χ0v) is 14.4. The fourth-order valence-electron chi connectivity index (χ4n) is 3.24. The van der Waals surface area contributed by atoms with Crippen molar-refractivity contribution in [2.24, 2.45) is 17.6 Å². The Labute approximate surface area is 134 Å². The van der Waals surface area contributed by atoms with Gasteiger partial charge in [-0.1, -0.05) is 44.4 Å². The molecule has 2 atom stereocenters. The second-order valence-electron chi connectivity index (χ2n) is 6.31. The van der Waals surface area contributed by atoms with Crippen molar-refractivity contribution in [3.63, 3.8) is 0 Å². The maximum atomic E-state index is 14.4. The van der Waals surface area contributed by atoms with Crippen molar-refractivity contribution < 1.29 is 4.39 Å². The summed E-state index contributed by atoms with van der Waals surface area (Å²) in [6.45, 7) is 4.51. The van der Waals surface area contributed by atoms with E-state index in [0.717, 1.165) is 25.7 Å². The van der Waals surface area contributed by atoms with Gasteiger partial charge in [0.15, 0.2) is 0 Å². The molecule has 1 aromatic rings. The maximum Gasteiger partial charge on any atom is 0.147 e.